The zero-order valence-corrected chi connectivity index (χ0v) is 14.0. The number of benzene rings is 1. The summed E-state index contributed by atoms with van der Waals surface area (Å²) in [6.07, 6.45) is 0.891. The fourth-order valence-electron chi connectivity index (χ4n) is 2.11. The maximum Gasteiger partial charge on any atom is 0.243 e. The van der Waals surface area contributed by atoms with E-state index in [-0.39, 0.29) is 22.9 Å². The van der Waals surface area contributed by atoms with Crippen molar-refractivity contribution in [3.63, 3.8) is 0 Å². The van der Waals surface area contributed by atoms with Gasteiger partial charge >= 0.3 is 0 Å². The molecule has 4 nitrogen and oxygen atoms in total. The van der Waals surface area contributed by atoms with Crippen molar-refractivity contribution in [1.29, 1.82) is 0 Å². The summed E-state index contributed by atoms with van der Waals surface area (Å²) in [5, 5.41) is 0. The van der Waals surface area contributed by atoms with E-state index in [0.717, 1.165) is 6.42 Å². The monoisotopic (exact) mass is 316 g/mol. The van der Waals surface area contributed by atoms with Crippen LogP contribution in [-0.4, -0.2) is 25.8 Å². The molecule has 1 aromatic carbocycles. The lowest BCUT2D eigenvalue weighted by Gasteiger charge is -2.24. The number of nitrogens with two attached hydrogens (primary N) is 1. The number of nitrogens with zero attached hydrogens (tertiary/aromatic N) is 1. The Hall–Kier alpha value is -0.980. The Morgan fingerprint density at radius 3 is 2.43 bits per heavy atom. The second-order valence-electron chi connectivity index (χ2n) is 5.37. The maximum absolute atomic E-state index is 13.9. The average molecular weight is 316 g/mol. The molecule has 0 aliphatic rings. The molecule has 1 unspecified atom stereocenters. The molecule has 1 rings (SSSR count). The molecular formula is C15H25FN2O2S. The molecular weight excluding hydrogens is 291 g/mol. The van der Waals surface area contributed by atoms with E-state index in [1.54, 1.807) is 6.92 Å². The van der Waals surface area contributed by atoms with Crippen molar-refractivity contribution >= 4 is 10.0 Å². The van der Waals surface area contributed by atoms with Crippen molar-refractivity contribution in [2.45, 2.75) is 45.6 Å². The quantitative estimate of drug-likeness (QED) is 0.841. The van der Waals surface area contributed by atoms with Crippen LogP contribution in [0.25, 0.3) is 0 Å². The first-order valence-electron chi connectivity index (χ1n) is 7.27. The topological polar surface area (TPSA) is 63.4 Å². The Kier molecular flexibility index (Phi) is 6.31. The maximum atomic E-state index is 13.9. The van der Waals surface area contributed by atoms with E-state index >= 15 is 0 Å². The highest BCUT2D eigenvalue weighted by Gasteiger charge is 2.27. The first-order chi connectivity index (χ1) is 9.77. The van der Waals surface area contributed by atoms with Gasteiger partial charge in [0.25, 0.3) is 0 Å². The second-order valence-corrected chi connectivity index (χ2v) is 7.28. The van der Waals surface area contributed by atoms with Crippen LogP contribution in [0.3, 0.4) is 0 Å². The van der Waals surface area contributed by atoms with Gasteiger partial charge in [0, 0.05) is 25.2 Å². The van der Waals surface area contributed by atoms with Gasteiger partial charge in [0.2, 0.25) is 10.0 Å². The van der Waals surface area contributed by atoms with Crippen LogP contribution in [0.15, 0.2) is 17.0 Å². The van der Waals surface area contributed by atoms with Gasteiger partial charge in [-0.15, -0.1) is 0 Å². The fraction of sp³-hybridized carbons (Fsp3) is 0.600. The Balaban J connectivity index is 3.31. The van der Waals surface area contributed by atoms with Gasteiger partial charge in [-0.3, -0.25) is 0 Å². The Labute approximate surface area is 127 Å². The third-order valence-corrected chi connectivity index (χ3v) is 5.84. The first-order valence-corrected chi connectivity index (χ1v) is 8.71. The van der Waals surface area contributed by atoms with Crippen LogP contribution >= 0.6 is 0 Å². The molecule has 1 atom stereocenters. The summed E-state index contributed by atoms with van der Waals surface area (Å²) in [5.41, 5.74) is 6.15. The Bertz CT molecular complexity index is 588. The normalized spacial score (nSPS) is 13.7. The van der Waals surface area contributed by atoms with Gasteiger partial charge in [-0.25, -0.2) is 12.8 Å². The number of rotatable bonds is 7. The van der Waals surface area contributed by atoms with Crippen LogP contribution in [0.5, 0.6) is 0 Å². The summed E-state index contributed by atoms with van der Waals surface area (Å²) in [7, 11) is -3.70. The van der Waals surface area contributed by atoms with E-state index in [2.05, 4.69) is 0 Å². The number of sulfonamides is 1. The van der Waals surface area contributed by atoms with Crippen LogP contribution in [0.1, 0.15) is 38.3 Å². The van der Waals surface area contributed by atoms with E-state index in [4.69, 9.17) is 5.73 Å². The molecule has 0 aromatic heterocycles. The SMILES string of the molecule is CCC(C)CN(CC)S(=O)(=O)c1cc(CN)cc(F)c1C. The zero-order chi connectivity index (χ0) is 16.2. The van der Waals surface area contributed by atoms with E-state index in [1.165, 1.54) is 23.4 Å². The minimum absolute atomic E-state index is 0.0214. The molecule has 0 aliphatic carbocycles. The van der Waals surface area contributed by atoms with Gasteiger partial charge in [-0.2, -0.15) is 4.31 Å². The molecule has 0 saturated heterocycles. The van der Waals surface area contributed by atoms with Crippen LogP contribution in [0, 0.1) is 18.7 Å². The van der Waals surface area contributed by atoms with Gasteiger partial charge in [0.1, 0.15) is 5.82 Å². The molecule has 120 valence electrons. The molecule has 0 spiro atoms. The van der Waals surface area contributed by atoms with Crippen molar-refractivity contribution in [2.75, 3.05) is 13.1 Å². The predicted molar refractivity (Wildman–Crippen MR) is 82.9 cm³/mol. The summed E-state index contributed by atoms with van der Waals surface area (Å²) in [4.78, 5) is 0.0214. The van der Waals surface area contributed by atoms with Crippen LogP contribution in [0.2, 0.25) is 0 Å². The van der Waals surface area contributed by atoms with Crippen LogP contribution in [-0.2, 0) is 16.6 Å². The van der Waals surface area contributed by atoms with Gasteiger partial charge < -0.3 is 5.73 Å². The zero-order valence-electron chi connectivity index (χ0n) is 13.2. The largest absolute Gasteiger partial charge is 0.326 e. The molecule has 0 fully saturated rings. The van der Waals surface area contributed by atoms with E-state index in [1.807, 2.05) is 13.8 Å². The lowest BCUT2D eigenvalue weighted by atomic mass is 10.1. The lowest BCUT2D eigenvalue weighted by Crippen LogP contribution is -2.35. The second kappa shape index (κ2) is 7.33. The Morgan fingerprint density at radius 1 is 1.33 bits per heavy atom. The summed E-state index contributed by atoms with van der Waals surface area (Å²) >= 11 is 0. The number of hydrogen-bond acceptors (Lipinski definition) is 3. The van der Waals surface area contributed by atoms with Crippen LogP contribution < -0.4 is 5.73 Å². The van der Waals surface area contributed by atoms with Gasteiger partial charge in [0.15, 0.2) is 0 Å². The fourth-order valence-corrected chi connectivity index (χ4v) is 3.96. The summed E-state index contributed by atoms with van der Waals surface area (Å²) in [6, 6.07) is 2.77. The number of halogens is 1. The van der Waals surface area contributed by atoms with Crippen LogP contribution in [0.4, 0.5) is 4.39 Å². The lowest BCUT2D eigenvalue weighted by molar-refractivity contribution is 0.361. The third kappa shape index (κ3) is 4.02. The van der Waals surface area contributed by atoms with E-state index in [0.29, 0.717) is 18.7 Å². The molecule has 6 heteroatoms. The standard InChI is InChI=1S/C15H25FN2O2S/c1-5-11(3)10-18(6-2)21(19,20)15-8-13(9-17)7-14(16)12(15)4/h7-8,11H,5-6,9-10,17H2,1-4H3. The average Bonchev–Trinajstić information content (AvgIpc) is 2.46. The van der Waals surface area contributed by atoms with Crippen molar-refractivity contribution in [3.05, 3.63) is 29.1 Å². The smallest absolute Gasteiger partial charge is 0.243 e. The molecule has 21 heavy (non-hydrogen) atoms. The number of hydrogen-bond donors (Lipinski definition) is 1. The van der Waals surface area contributed by atoms with E-state index in [9.17, 15) is 12.8 Å². The van der Waals surface area contributed by atoms with E-state index < -0.39 is 15.8 Å². The molecule has 0 heterocycles. The molecule has 2 N–H and O–H groups in total. The highest BCUT2D eigenvalue weighted by molar-refractivity contribution is 7.89. The molecule has 0 amide bonds. The summed E-state index contributed by atoms with van der Waals surface area (Å²) in [5.74, 6) is -0.279. The minimum Gasteiger partial charge on any atom is -0.326 e. The molecule has 0 saturated carbocycles. The molecule has 0 radical (unpaired) electrons. The minimum atomic E-state index is -3.70. The highest BCUT2D eigenvalue weighted by atomic mass is 32.2. The van der Waals surface area contributed by atoms with Crippen molar-refractivity contribution in [3.8, 4) is 0 Å². The third-order valence-electron chi connectivity index (χ3n) is 3.77. The summed E-state index contributed by atoms with van der Waals surface area (Å²) in [6.45, 7) is 8.20. The van der Waals surface area contributed by atoms with Gasteiger partial charge in [-0.05, 0) is 30.5 Å². The van der Waals surface area contributed by atoms with Crippen molar-refractivity contribution < 1.29 is 12.8 Å². The highest BCUT2D eigenvalue weighted by Crippen LogP contribution is 2.24. The van der Waals surface area contributed by atoms with Gasteiger partial charge in [-0.1, -0.05) is 27.2 Å². The molecule has 1 aromatic rings. The molecule has 0 aliphatic heterocycles. The van der Waals surface area contributed by atoms with Gasteiger partial charge in [0.05, 0.1) is 4.90 Å². The first kappa shape index (κ1) is 18.1. The van der Waals surface area contributed by atoms with Crippen molar-refractivity contribution in [1.82, 2.24) is 4.31 Å². The summed E-state index contributed by atoms with van der Waals surface area (Å²) < 4.78 is 40.9. The molecule has 0 bridgehead atoms. The van der Waals surface area contributed by atoms with Crippen molar-refractivity contribution in [2.24, 2.45) is 11.7 Å². The predicted octanol–water partition coefficient (Wildman–Crippen LogP) is 2.65. The Morgan fingerprint density at radius 2 is 1.95 bits per heavy atom.